The van der Waals surface area contributed by atoms with Crippen LogP contribution in [-0.4, -0.2) is 30.5 Å². The van der Waals surface area contributed by atoms with Crippen LogP contribution in [0.2, 0.25) is 0 Å². The second-order valence-corrected chi connectivity index (χ2v) is 4.11. The van der Waals surface area contributed by atoms with Gasteiger partial charge in [-0.25, -0.2) is 4.79 Å². The van der Waals surface area contributed by atoms with Crippen LogP contribution in [-0.2, 0) is 6.42 Å². The molecule has 0 aliphatic rings. The monoisotopic (exact) mass is 277 g/mol. The van der Waals surface area contributed by atoms with Gasteiger partial charge < -0.3 is 19.1 Å². The molecular weight excluding hydrogens is 262 g/mol. The van der Waals surface area contributed by atoms with E-state index in [4.69, 9.17) is 19.1 Å². The largest absolute Gasteiger partial charge is 0.493 e. The first kappa shape index (κ1) is 13.9. The smallest absolute Gasteiger partial charge is 0.358 e. The Balaban J connectivity index is 2.60. The van der Waals surface area contributed by atoms with Gasteiger partial charge in [0.15, 0.2) is 23.0 Å². The Morgan fingerprint density at radius 3 is 2.55 bits per heavy atom. The summed E-state index contributed by atoms with van der Waals surface area (Å²) in [5.41, 5.74) is 1.48. The molecule has 6 nitrogen and oxygen atoms in total. The highest BCUT2D eigenvalue weighted by Gasteiger charge is 2.19. The van der Waals surface area contributed by atoms with Crippen LogP contribution in [0.3, 0.4) is 0 Å². The van der Waals surface area contributed by atoms with E-state index in [1.165, 1.54) is 13.2 Å². The number of hydrogen-bond acceptors (Lipinski definition) is 5. The zero-order chi connectivity index (χ0) is 14.7. The SMILES string of the molecule is CCc1cc(OC)c(OC)c(-c2cc(C(=O)O)no2)c1. The molecule has 20 heavy (non-hydrogen) atoms. The van der Waals surface area contributed by atoms with Gasteiger partial charge in [0.2, 0.25) is 0 Å². The van der Waals surface area contributed by atoms with Crippen LogP contribution in [0.4, 0.5) is 0 Å². The number of aromatic nitrogens is 1. The van der Waals surface area contributed by atoms with Crippen molar-refractivity contribution in [3.63, 3.8) is 0 Å². The minimum Gasteiger partial charge on any atom is -0.493 e. The number of ether oxygens (including phenoxy) is 2. The Morgan fingerprint density at radius 2 is 2.05 bits per heavy atom. The third-order valence-corrected chi connectivity index (χ3v) is 2.94. The van der Waals surface area contributed by atoms with Crippen molar-refractivity contribution < 1.29 is 23.9 Å². The van der Waals surface area contributed by atoms with Crippen molar-refractivity contribution in [3.8, 4) is 22.8 Å². The topological polar surface area (TPSA) is 81.8 Å². The maximum absolute atomic E-state index is 10.9. The summed E-state index contributed by atoms with van der Waals surface area (Å²) in [6.45, 7) is 2.01. The molecule has 1 aromatic heterocycles. The molecule has 1 heterocycles. The number of benzene rings is 1. The van der Waals surface area contributed by atoms with Crippen LogP contribution in [0.1, 0.15) is 23.0 Å². The maximum Gasteiger partial charge on any atom is 0.358 e. The second kappa shape index (κ2) is 5.64. The first-order valence-electron chi connectivity index (χ1n) is 6.06. The number of nitrogens with zero attached hydrogens (tertiary/aromatic N) is 1. The van der Waals surface area contributed by atoms with Gasteiger partial charge in [-0.2, -0.15) is 0 Å². The molecule has 0 fully saturated rings. The lowest BCUT2D eigenvalue weighted by Gasteiger charge is -2.12. The number of carboxylic acid groups (broad SMARTS) is 1. The minimum absolute atomic E-state index is 0.150. The van der Waals surface area contributed by atoms with E-state index < -0.39 is 5.97 Å². The Morgan fingerprint density at radius 1 is 1.30 bits per heavy atom. The average Bonchev–Trinajstić information content (AvgIpc) is 2.95. The van der Waals surface area contributed by atoms with Crippen molar-refractivity contribution >= 4 is 5.97 Å². The van der Waals surface area contributed by atoms with E-state index in [9.17, 15) is 4.79 Å². The molecule has 0 bridgehead atoms. The predicted octanol–water partition coefficient (Wildman–Crippen LogP) is 2.62. The molecule has 0 radical (unpaired) electrons. The van der Waals surface area contributed by atoms with E-state index in [0.29, 0.717) is 22.8 Å². The van der Waals surface area contributed by atoms with Crippen LogP contribution in [0, 0.1) is 0 Å². The van der Waals surface area contributed by atoms with E-state index in [0.717, 1.165) is 12.0 Å². The third-order valence-electron chi connectivity index (χ3n) is 2.94. The van der Waals surface area contributed by atoms with Crippen molar-refractivity contribution in [2.75, 3.05) is 14.2 Å². The van der Waals surface area contributed by atoms with E-state index in [1.807, 2.05) is 19.1 Å². The average molecular weight is 277 g/mol. The van der Waals surface area contributed by atoms with Gasteiger partial charge in [0, 0.05) is 6.07 Å². The van der Waals surface area contributed by atoms with Crippen molar-refractivity contribution in [3.05, 3.63) is 29.5 Å². The van der Waals surface area contributed by atoms with Gasteiger partial charge in [0.1, 0.15) is 0 Å². The van der Waals surface area contributed by atoms with Crippen molar-refractivity contribution in [2.24, 2.45) is 0 Å². The number of carboxylic acids is 1. The number of methoxy groups -OCH3 is 2. The van der Waals surface area contributed by atoms with Crippen LogP contribution in [0.15, 0.2) is 22.7 Å². The van der Waals surface area contributed by atoms with Crippen LogP contribution < -0.4 is 9.47 Å². The summed E-state index contributed by atoms with van der Waals surface area (Å²) in [6, 6.07) is 5.10. The van der Waals surface area contributed by atoms with Crippen molar-refractivity contribution in [1.29, 1.82) is 0 Å². The lowest BCUT2D eigenvalue weighted by molar-refractivity contribution is 0.0686. The molecule has 106 valence electrons. The molecule has 2 rings (SSSR count). The van der Waals surface area contributed by atoms with Gasteiger partial charge in [-0.15, -0.1) is 0 Å². The molecule has 0 aliphatic carbocycles. The molecule has 0 spiro atoms. The molecule has 1 aromatic carbocycles. The number of aryl methyl sites for hydroxylation is 1. The summed E-state index contributed by atoms with van der Waals surface area (Å²) in [4.78, 5) is 10.9. The molecule has 1 N–H and O–H groups in total. The Bertz CT molecular complexity index is 632. The Hall–Kier alpha value is -2.50. The number of rotatable bonds is 5. The highest BCUT2D eigenvalue weighted by molar-refractivity contribution is 5.87. The van der Waals surface area contributed by atoms with E-state index in [-0.39, 0.29) is 5.69 Å². The standard InChI is InChI=1S/C14H15NO5/c1-4-8-5-9(13(19-3)12(6-8)18-2)11-7-10(14(16)17)15-20-11/h5-7H,4H2,1-3H3,(H,16,17). The first-order valence-corrected chi connectivity index (χ1v) is 6.06. The van der Waals surface area contributed by atoms with Gasteiger partial charge in [-0.1, -0.05) is 12.1 Å². The number of carbonyl (C=O) groups is 1. The fourth-order valence-corrected chi connectivity index (χ4v) is 1.91. The summed E-state index contributed by atoms with van der Waals surface area (Å²) in [5.74, 6) is 0.235. The summed E-state index contributed by atoms with van der Waals surface area (Å²) in [5, 5.41) is 12.4. The zero-order valence-electron chi connectivity index (χ0n) is 11.5. The first-order chi connectivity index (χ1) is 9.60. The highest BCUT2D eigenvalue weighted by atomic mass is 16.5. The molecule has 0 atom stereocenters. The molecule has 0 aliphatic heterocycles. The normalized spacial score (nSPS) is 10.3. The number of aromatic carboxylic acids is 1. The van der Waals surface area contributed by atoms with Crippen LogP contribution in [0.5, 0.6) is 11.5 Å². The van der Waals surface area contributed by atoms with Crippen LogP contribution >= 0.6 is 0 Å². The van der Waals surface area contributed by atoms with E-state index in [2.05, 4.69) is 5.16 Å². The van der Waals surface area contributed by atoms with Gasteiger partial charge >= 0.3 is 5.97 Å². The van der Waals surface area contributed by atoms with Crippen molar-refractivity contribution in [2.45, 2.75) is 13.3 Å². The van der Waals surface area contributed by atoms with Gasteiger partial charge in [0.05, 0.1) is 19.8 Å². The van der Waals surface area contributed by atoms with E-state index >= 15 is 0 Å². The molecular formula is C14H15NO5. The molecule has 0 saturated carbocycles. The highest BCUT2D eigenvalue weighted by Crippen LogP contribution is 2.39. The molecule has 0 saturated heterocycles. The lowest BCUT2D eigenvalue weighted by atomic mass is 10.0. The second-order valence-electron chi connectivity index (χ2n) is 4.11. The maximum atomic E-state index is 10.9. The predicted molar refractivity (Wildman–Crippen MR) is 71.4 cm³/mol. The minimum atomic E-state index is -1.14. The van der Waals surface area contributed by atoms with Gasteiger partial charge in [0.25, 0.3) is 0 Å². The fraction of sp³-hybridized carbons (Fsp3) is 0.286. The summed E-state index contributed by atoms with van der Waals surface area (Å²) in [7, 11) is 3.06. The fourth-order valence-electron chi connectivity index (χ4n) is 1.91. The molecule has 2 aromatic rings. The number of hydrogen-bond donors (Lipinski definition) is 1. The summed E-state index contributed by atoms with van der Waals surface area (Å²) < 4.78 is 15.7. The van der Waals surface area contributed by atoms with E-state index in [1.54, 1.807) is 7.11 Å². The van der Waals surface area contributed by atoms with Crippen molar-refractivity contribution in [1.82, 2.24) is 5.16 Å². The summed E-state index contributed by atoms with van der Waals surface area (Å²) in [6.07, 6.45) is 0.799. The molecule has 0 unspecified atom stereocenters. The van der Waals surface area contributed by atoms with Gasteiger partial charge in [-0.3, -0.25) is 0 Å². The quantitative estimate of drug-likeness (QED) is 0.904. The molecule has 6 heteroatoms. The summed E-state index contributed by atoms with van der Waals surface area (Å²) >= 11 is 0. The zero-order valence-corrected chi connectivity index (χ0v) is 11.5. The van der Waals surface area contributed by atoms with Crippen LogP contribution in [0.25, 0.3) is 11.3 Å². The lowest BCUT2D eigenvalue weighted by Crippen LogP contribution is -1.96. The third kappa shape index (κ3) is 2.45. The molecule has 0 amide bonds. The Kier molecular flexibility index (Phi) is 3.93. The van der Waals surface area contributed by atoms with Gasteiger partial charge in [-0.05, 0) is 24.1 Å². The Labute approximate surface area is 115 Å².